The molecular weight excluding hydrogens is 164 g/mol. The summed E-state index contributed by atoms with van der Waals surface area (Å²) in [6.07, 6.45) is 2.89. The molecule has 1 rings (SSSR count). The lowest BCUT2D eigenvalue weighted by Crippen LogP contribution is -2.39. The fourth-order valence-electron chi connectivity index (χ4n) is 0.547. The minimum absolute atomic E-state index is 0.382. The van der Waals surface area contributed by atoms with Crippen molar-refractivity contribution in [3.05, 3.63) is 18.4 Å². The number of oxazole rings is 1. The Labute approximate surface area is 68.9 Å². The first-order chi connectivity index (χ1) is 5.33. The van der Waals surface area contributed by atoms with E-state index in [1.165, 1.54) is 12.7 Å². The quantitative estimate of drug-likeness (QED) is 0.317. The minimum Gasteiger partial charge on any atom is -0.451 e. The standard InChI is InChI=1S/C5H8N4OS/c6-9-5(11)7-1-4-2-10-3-8-4/h2-3H,1,6H2,(H2,7,9,11). The molecule has 0 unspecified atom stereocenters. The van der Waals surface area contributed by atoms with Crippen LogP contribution in [0.5, 0.6) is 0 Å². The zero-order valence-corrected chi connectivity index (χ0v) is 6.52. The number of aromatic nitrogens is 1. The van der Waals surface area contributed by atoms with Gasteiger partial charge in [-0.25, -0.2) is 10.8 Å². The van der Waals surface area contributed by atoms with Gasteiger partial charge in [-0.3, -0.25) is 0 Å². The maximum absolute atomic E-state index is 5.01. The normalized spacial score (nSPS) is 9.18. The van der Waals surface area contributed by atoms with Gasteiger partial charge in [-0.15, -0.1) is 0 Å². The highest BCUT2D eigenvalue weighted by Crippen LogP contribution is 1.91. The number of hydrogen-bond acceptors (Lipinski definition) is 4. The summed E-state index contributed by atoms with van der Waals surface area (Å²) < 4.78 is 4.73. The summed E-state index contributed by atoms with van der Waals surface area (Å²) in [4.78, 5) is 3.87. The number of nitrogens with zero attached hydrogens (tertiary/aromatic N) is 1. The zero-order chi connectivity index (χ0) is 8.10. The molecule has 5 nitrogen and oxygen atoms in total. The van der Waals surface area contributed by atoms with Gasteiger partial charge in [-0.1, -0.05) is 0 Å². The smallest absolute Gasteiger partial charge is 0.180 e. The Balaban J connectivity index is 2.29. The molecule has 0 saturated heterocycles. The van der Waals surface area contributed by atoms with E-state index in [0.29, 0.717) is 11.7 Å². The molecule has 4 N–H and O–H groups in total. The van der Waals surface area contributed by atoms with E-state index in [9.17, 15) is 0 Å². The lowest BCUT2D eigenvalue weighted by molar-refractivity contribution is 0.556. The third-order valence-electron chi connectivity index (χ3n) is 1.04. The Kier molecular flexibility index (Phi) is 2.82. The molecule has 0 saturated carbocycles. The van der Waals surface area contributed by atoms with Gasteiger partial charge < -0.3 is 15.2 Å². The van der Waals surface area contributed by atoms with Gasteiger partial charge in [0, 0.05) is 0 Å². The van der Waals surface area contributed by atoms with Crippen LogP contribution in [-0.2, 0) is 6.54 Å². The Morgan fingerprint density at radius 1 is 1.82 bits per heavy atom. The molecule has 1 aromatic rings. The van der Waals surface area contributed by atoms with Crippen molar-refractivity contribution in [3.63, 3.8) is 0 Å². The fraction of sp³-hybridized carbons (Fsp3) is 0.200. The summed E-state index contributed by atoms with van der Waals surface area (Å²) >= 11 is 4.72. The molecule has 0 aliphatic rings. The van der Waals surface area contributed by atoms with Crippen LogP contribution in [0.3, 0.4) is 0 Å². The van der Waals surface area contributed by atoms with Gasteiger partial charge in [0.25, 0.3) is 0 Å². The second-order valence-corrected chi connectivity index (χ2v) is 2.22. The van der Waals surface area contributed by atoms with Gasteiger partial charge in [-0.05, 0) is 12.2 Å². The summed E-state index contributed by atoms with van der Waals surface area (Å²) in [5.74, 6) is 5.01. The molecule has 0 bridgehead atoms. The van der Waals surface area contributed by atoms with E-state index in [-0.39, 0.29) is 0 Å². The van der Waals surface area contributed by atoms with Crippen LogP contribution < -0.4 is 16.6 Å². The van der Waals surface area contributed by atoms with E-state index < -0.39 is 0 Å². The molecule has 0 spiro atoms. The number of nitrogens with one attached hydrogen (secondary N) is 2. The van der Waals surface area contributed by atoms with Gasteiger partial charge in [0.05, 0.1) is 12.2 Å². The summed E-state index contributed by atoms with van der Waals surface area (Å²) in [5.41, 5.74) is 3.07. The van der Waals surface area contributed by atoms with Crippen molar-refractivity contribution in [1.29, 1.82) is 0 Å². The first-order valence-electron chi connectivity index (χ1n) is 2.94. The SMILES string of the molecule is NNC(=S)NCc1cocn1. The molecule has 11 heavy (non-hydrogen) atoms. The summed E-state index contributed by atoms with van der Waals surface area (Å²) in [6, 6.07) is 0. The molecule has 0 amide bonds. The van der Waals surface area contributed by atoms with Gasteiger partial charge >= 0.3 is 0 Å². The van der Waals surface area contributed by atoms with Crippen molar-refractivity contribution in [3.8, 4) is 0 Å². The fourth-order valence-corrected chi connectivity index (χ4v) is 0.619. The Bertz CT molecular complexity index is 222. The predicted octanol–water partition coefficient (Wildman–Crippen LogP) is -0.488. The monoisotopic (exact) mass is 172 g/mol. The zero-order valence-electron chi connectivity index (χ0n) is 5.70. The van der Waals surface area contributed by atoms with Crippen molar-refractivity contribution < 1.29 is 4.42 Å². The molecule has 1 heterocycles. The molecule has 0 radical (unpaired) electrons. The lowest BCUT2D eigenvalue weighted by atomic mass is 10.5. The number of thiocarbonyl (C=S) groups is 1. The highest BCUT2D eigenvalue weighted by atomic mass is 32.1. The van der Waals surface area contributed by atoms with E-state index >= 15 is 0 Å². The molecule has 0 fully saturated rings. The van der Waals surface area contributed by atoms with Gasteiger partial charge in [-0.2, -0.15) is 0 Å². The van der Waals surface area contributed by atoms with Gasteiger partial charge in [0.15, 0.2) is 11.5 Å². The van der Waals surface area contributed by atoms with Crippen LogP contribution in [0.25, 0.3) is 0 Å². The Morgan fingerprint density at radius 2 is 2.64 bits per heavy atom. The highest BCUT2D eigenvalue weighted by molar-refractivity contribution is 7.80. The van der Waals surface area contributed by atoms with E-state index in [1.54, 1.807) is 0 Å². The molecule has 1 aromatic heterocycles. The molecule has 60 valence electrons. The van der Waals surface area contributed by atoms with Gasteiger partial charge in [0.2, 0.25) is 0 Å². The van der Waals surface area contributed by atoms with E-state index in [0.717, 1.165) is 5.69 Å². The van der Waals surface area contributed by atoms with E-state index in [4.69, 9.17) is 22.5 Å². The average Bonchev–Trinajstić information content (AvgIpc) is 2.52. The molecular formula is C5H8N4OS. The summed E-state index contributed by atoms with van der Waals surface area (Å²) in [6.45, 7) is 0.513. The van der Waals surface area contributed by atoms with Crippen LogP contribution in [0.4, 0.5) is 0 Å². The Hall–Kier alpha value is -1.14. The molecule has 0 atom stereocenters. The first kappa shape index (κ1) is 7.96. The second kappa shape index (κ2) is 3.89. The molecule has 0 aliphatic heterocycles. The van der Waals surface area contributed by atoms with Gasteiger partial charge in [0.1, 0.15) is 6.26 Å². The van der Waals surface area contributed by atoms with Crippen molar-refractivity contribution in [2.75, 3.05) is 0 Å². The number of rotatable bonds is 2. The van der Waals surface area contributed by atoms with Crippen LogP contribution in [0.2, 0.25) is 0 Å². The second-order valence-electron chi connectivity index (χ2n) is 1.81. The largest absolute Gasteiger partial charge is 0.451 e. The number of nitrogens with two attached hydrogens (primary N) is 1. The van der Waals surface area contributed by atoms with Crippen LogP contribution in [-0.4, -0.2) is 10.1 Å². The van der Waals surface area contributed by atoms with E-state index in [2.05, 4.69) is 15.7 Å². The topological polar surface area (TPSA) is 76.1 Å². The number of hydrazine groups is 1. The molecule has 0 aromatic carbocycles. The number of hydrogen-bond donors (Lipinski definition) is 3. The van der Waals surface area contributed by atoms with E-state index in [1.807, 2.05) is 0 Å². The van der Waals surface area contributed by atoms with Crippen LogP contribution >= 0.6 is 12.2 Å². The third kappa shape index (κ3) is 2.52. The van der Waals surface area contributed by atoms with Crippen molar-refractivity contribution in [1.82, 2.24) is 15.7 Å². The van der Waals surface area contributed by atoms with Crippen molar-refractivity contribution in [2.45, 2.75) is 6.54 Å². The first-order valence-corrected chi connectivity index (χ1v) is 3.35. The van der Waals surface area contributed by atoms with Crippen molar-refractivity contribution in [2.24, 2.45) is 5.84 Å². The lowest BCUT2D eigenvalue weighted by Gasteiger charge is -2.02. The maximum atomic E-state index is 5.01. The highest BCUT2D eigenvalue weighted by Gasteiger charge is 1.95. The van der Waals surface area contributed by atoms with Crippen LogP contribution in [0.15, 0.2) is 17.1 Å². The average molecular weight is 172 g/mol. The van der Waals surface area contributed by atoms with Crippen molar-refractivity contribution >= 4 is 17.3 Å². The minimum atomic E-state index is 0.382. The summed E-state index contributed by atoms with van der Waals surface area (Å²) in [7, 11) is 0. The summed E-state index contributed by atoms with van der Waals surface area (Å²) in [5, 5.41) is 3.19. The molecule has 0 aliphatic carbocycles. The predicted molar refractivity (Wildman–Crippen MR) is 43.3 cm³/mol. The van der Waals surface area contributed by atoms with Crippen LogP contribution in [0.1, 0.15) is 5.69 Å². The third-order valence-corrected chi connectivity index (χ3v) is 1.31. The maximum Gasteiger partial charge on any atom is 0.180 e. The molecule has 6 heteroatoms. The van der Waals surface area contributed by atoms with Crippen LogP contribution in [0, 0.1) is 0 Å². The Morgan fingerprint density at radius 3 is 3.18 bits per heavy atom.